The lowest BCUT2D eigenvalue weighted by molar-refractivity contribution is -0.137. The molecule has 1 aromatic rings. The number of amides is 3. The number of ether oxygens (including phenoxy) is 1. The third-order valence-corrected chi connectivity index (χ3v) is 5.80. The van der Waals surface area contributed by atoms with Crippen LogP contribution in [0.4, 0.5) is 0 Å². The SMILES string of the molecule is CCN(CC)C(=O)C(NC(=O)c1ccc(OC)cc1)C1CCN(C(=O)C(C)C)CC1. The summed E-state index contributed by atoms with van der Waals surface area (Å²) in [6, 6.07) is 6.24. The first-order valence-electron chi connectivity index (χ1n) is 10.8. The van der Waals surface area contributed by atoms with Crippen molar-refractivity contribution in [3.63, 3.8) is 0 Å². The fraction of sp³-hybridized carbons (Fsp3) is 0.609. The van der Waals surface area contributed by atoms with Crippen molar-refractivity contribution in [2.75, 3.05) is 33.3 Å². The number of carbonyl (C=O) groups is 3. The molecule has 30 heavy (non-hydrogen) atoms. The van der Waals surface area contributed by atoms with Crippen LogP contribution in [0.15, 0.2) is 24.3 Å². The second kappa shape index (κ2) is 11.0. The quantitative estimate of drug-likeness (QED) is 0.705. The molecule has 0 spiro atoms. The lowest BCUT2D eigenvalue weighted by Gasteiger charge is -2.38. The molecule has 0 saturated carbocycles. The number of likely N-dealkylation sites (N-methyl/N-ethyl adjacent to an activating group) is 1. The zero-order chi connectivity index (χ0) is 22.3. The van der Waals surface area contributed by atoms with Crippen molar-refractivity contribution >= 4 is 17.7 Å². The van der Waals surface area contributed by atoms with Crippen molar-refractivity contribution in [3.8, 4) is 5.75 Å². The predicted octanol–water partition coefficient (Wildman–Crippen LogP) is 2.56. The summed E-state index contributed by atoms with van der Waals surface area (Å²) in [5.74, 6) is 0.437. The Morgan fingerprint density at radius 3 is 2.13 bits per heavy atom. The van der Waals surface area contributed by atoms with E-state index in [9.17, 15) is 14.4 Å². The van der Waals surface area contributed by atoms with Gasteiger partial charge in [0, 0.05) is 37.7 Å². The van der Waals surface area contributed by atoms with E-state index >= 15 is 0 Å². The van der Waals surface area contributed by atoms with Crippen molar-refractivity contribution in [2.45, 2.75) is 46.6 Å². The third kappa shape index (κ3) is 5.74. The summed E-state index contributed by atoms with van der Waals surface area (Å²) in [6.45, 7) is 10.1. The van der Waals surface area contributed by atoms with Crippen LogP contribution >= 0.6 is 0 Å². The summed E-state index contributed by atoms with van der Waals surface area (Å²) in [7, 11) is 1.57. The van der Waals surface area contributed by atoms with Crippen LogP contribution in [0, 0.1) is 11.8 Å². The Morgan fingerprint density at radius 2 is 1.67 bits per heavy atom. The summed E-state index contributed by atoms with van der Waals surface area (Å²) in [6.07, 6.45) is 1.39. The molecule has 1 fully saturated rings. The molecule has 0 aliphatic carbocycles. The van der Waals surface area contributed by atoms with Crippen LogP contribution in [-0.4, -0.2) is 66.9 Å². The number of nitrogens with zero attached hydrogens (tertiary/aromatic N) is 2. The Balaban J connectivity index is 2.15. The van der Waals surface area contributed by atoms with Gasteiger partial charge in [-0.25, -0.2) is 0 Å². The van der Waals surface area contributed by atoms with Crippen LogP contribution in [0.5, 0.6) is 5.75 Å². The van der Waals surface area contributed by atoms with Gasteiger partial charge in [0.25, 0.3) is 5.91 Å². The number of hydrogen-bond acceptors (Lipinski definition) is 4. The standard InChI is InChI=1S/C23H35N3O4/c1-6-25(7-2)23(29)20(17-12-14-26(15-13-17)22(28)16(3)4)24-21(27)18-8-10-19(30-5)11-9-18/h8-11,16-17,20H,6-7,12-15H2,1-5H3,(H,24,27). The Hall–Kier alpha value is -2.57. The minimum Gasteiger partial charge on any atom is -0.497 e. The summed E-state index contributed by atoms with van der Waals surface area (Å²) in [5, 5.41) is 2.98. The van der Waals surface area contributed by atoms with Gasteiger partial charge in [0.05, 0.1) is 7.11 Å². The summed E-state index contributed by atoms with van der Waals surface area (Å²) in [5.41, 5.74) is 0.487. The van der Waals surface area contributed by atoms with Gasteiger partial charge in [-0.3, -0.25) is 14.4 Å². The normalized spacial score (nSPS) is 15.6. The molecule has 0 radical (unpaired) electrons. The first-order valence-corrected chi connectivity index (χ1v) is 10.8. The molecule has 1 aliphatic heterocycles. The van der Waals surface area contributed by atoms with Gasteiger partial charge >= 0.3 is 0 Å². The molecule has 1 N–H and O–H groups in total. The van der Waals surface area contributed by atoms with E-state index in [-0.39, 0.29) is 29.6 Å². The number of rotatable bonds is 8. The van der Waals surface area contributed by atoms with E-state index in [1.54, 1.807) is 36.3 Å². The molecule has 2 rings (SSSR count). The molecule has 7 nitrogen and oxygen atoms in total. The van der Waals surface area contributed by atoms with Crippen molar-refractivity contribution in [2.24, 2.45) is 11.8 Å². The van der Waals surface area contributed by atoms with E-state index < -0.39 is 6.04 Å². The number of nitrogens with one attached hydrogen (secondary N) is 1. The van der Waals surface area contributed by atoms with E-state index in [1.807, 2.05) is 32.6 Å². The zero-order valence-electron chi connectivity index (χ0n) is 18.8. The summed E-state index contributed by atoms with van der Waals surface area (Å²) >= 11 is 0. The Morgan fingerprint density at radius 1 is 1.10 bits per heavy atom. The molecule has 1 unspecified atom stereocenters. The van der Waals surface area contributed by atoms with Gasteiger partial charge in [-0.15, -0.1) is 0 Å². The van der Waals surface area contributed by atoms with Crippen LogP contribution in [0.1, 0.15) is 50.9 Å². The van der Waals surface area contributed by atoms with Crippen molar-refractivity contribution < 1.29 is 19.1 Å². The second-order valence-electron chi connectivity index (χ2n) is 8.01. The van der Waals surface area contributed by atoms with E-state index in [0.717, 1.165) is 0 Å². The lowest BCUT2D eigenvalue weighted by atomic mass is 9.87. The van der Waals surface area contributed by atoms with Crippen molar-refractivity contribution in [3.05, 3.63) is 29.8 Å². The molecule has 1 aromatic carbocycles. The maximum absolute atomic E-state index is 13.2. The number of likely N-dealkylation sites (tertiary alicyclic amines) is 1. The minimum atomic E-state index is -0.601. The van der Waals surface area contributed by atoms with Crippen LogP contribution in [0.25, 0.3) is 0 Å². The van der Waals surface area contributed by atoms with Gasteiger partial charge in [0.15, 0.2) is 0 Å². The highest BCUT2D eigenvalue weighted by atomic mass is 16.5. The van der Waals surface area contributed by atoms with Crippen molar-refractivity contribution in [1.82, 2.24) is 15.1 Å². The topological polar surface area (TPSA) is 79.0 Å². The summed E-state index contributed by atoms with van der Waals surface area (Å²) < 4.78 is 5.15. The first kappa shape index (κ1) is 23.7. The molecule has 1 heterocycles. The maximum Gasteiger partial charge on any atom is 0.251 e. The predicted molar refractivity (Wildman–Crippen MR) is 116 cm³/mol. The Labute approximate surface area is 179 Å². The van der Waals surface area contributed by atoms with Gasteiger partial charge < -0.3 is 19.9 Å². The molecule has 3 amide bonds. The summed E-state index contributed by atoms with van der Waals surface area (Å²) in [4.78, 5) is 42.0. The van der Waals surface area contributed by atoms with Crippen LogP contribution in [0.3, 0.4) is 0 Å². The average Bonchev–Trinajstić information content (AvgIpc) is 2.77. The molecule has 0 bridgehead atoms. The third-order valence-electron chi connectivity index (χ3n) is 5.80. The van der Waals surface area contributed by atoms with Crippen LogP contribution < -0.4 is 10.1 Å². The molecular weight excluding hydrogens is 382 g/mol. The first-order chi connectivity index (χ1) is 14.3. The maximum atomic E-state index is 13.2. The number of methoxy groups -OCH3 is 1. The second-order valence-corrected chi connectivity index (χ2v) is 8.01. The molecule has 1 aliphatic rings. The van der Waals surface area contributed by atoms with E-state index in [0.29, 0.717) is 50.3 Å². The van der Waals surface area contributed by atoms with Gasteiger partial charge in [-0.2, -0.15) is 0 Å². The minimum absolute atomic E-state index is 0.00323. The molecular formula is C23H35N3O4. The number of benzene rings is 1. The highest BCUT2D eigenvalue weighted by molar-refractivity contribution is 5.97. The van der Waals surface area contributed by atoms with E-state index in [2.05, 4.69) is 5.32 Å². The zero-order valence-corrected chi connectivity index (χ0v) is 18.8. The average molecular weight is 418 g/mol. The van der Waals surface area contributed by atoms with Gasteiger partial charge in [-0.05, 0) is 56.9 Å². The molecule has 7 heteroatoms. The van der Waals surface area contributed by atoms with Crippen LogP contribution in [-0.2, 0) is 9.59 Å². The number of carbonyl (C=O) groups excluding carboxylic acids is 3. The molecule has 1 saturated heterocycles. The van der Waals surface area contributed by atoms with Crippen LogP contribution in [0.2, 0.25) is 0 Å². The smallest absolute Gasteiger partial charge is 0.251 e. The monoisotopic (exact) mass is 417 g/mol. The Bertz CT molecular complexity index is 720. The van der Waals surface area contributed by atoms with Crippen molar-refractivity contribution in [1.29, 1.82) is 0 Å². The number of piperidine rings is 1. The molecule has 1 atom stereocenters. The fourth-order valence-corrected chi connectivity index (χ4v) is 3.90. The van der Waals surface area contributed by atoms with E-state index in [4.69, 9.17) is 4.74 Å². The lowest BCUT2D eigenvalue weighted by Crippen LogP contribution is -2.55. The molecule has 166 valence electrons. The van der Waals surface area contributed by atoms with Gasteiger partial charge in [0.2, 0.25) is 11.8 Å². The Kier molecular flexibility index (Phi) is 8.69. The highest BCUT2D eigenvalue weighted by Gasteiger charge is 2.35. The van der Waals surface area contributed by atoms with Gasteiger partial charge in [-0.1, -0.05) is 13.8 Å². The fourth-order valence-electron chi connectivity index (χ4n) is 3.90. The van der Waals surface area contributed by atoms with E-state index in [1.165, 1.54) is 0 Å². The number of hydrogen-bond donors (Lipinski definition) is 1. The van der Waals surface area contributed by atoms with Gasteiger partial charge in [0.1, 0.15) is 11.8 Å². The molecule has 0 aromatic heterocycles. The largest absolute Gasteiger partial charge is 0.497 e. The highest BCUT2D eigenvalue weighted by Crippen LogP contribution is 2.24.